The van der Waals surface area contributed by atoms with E-state index in [9.17, 15) is 39.4 Å². The van der Waals surface area contributed by atoms with Gasteiger partial charge < -0.3 is 40.0 Å². The number of anilines is 2. The van der Waals surface area contributed by atoms with Gasteiger partial charge in [-0.25, -0.2) is 14.2 Å². The summed E-state index contributed by atoms with van der Waals surface area (Å²) in [6, 6.07) is 8.34. The fourth-order valence-electron chi connectivity index (χ4n) is 7.64. The van der Waals surface area contributed by atoms with Gasteiger partial charge in [0.1, 0.15) is 18.3 Å². The number of carbonyl (C=O) groups is 3. The fourth-order valence-corrected chi connectivity index (χ4v) is 7.99. The molecule has 5 atom stereocenters. The second-order valence-electron chi connectivity index (χ2n) is 12.9. The molecule has 15 nitrogen and oxygen atoms in total. The number of aliphatic carboxylic acids is 1. The number of aliphatic hydroxyl groups excluding tert-OH is 3. The smallest absolute Gasteiger partial charge is 0.469 e. The Morgan fingerprint density at radius 3 is 2.40 bits per heavy atom. The predicted octanol–water partition coefficient (Wildman–Crippen LogP) is 1.11. The van der Waals surface area contributed by atoms with Crippen molar-refractivity contribution in [3.8, 4) is 0 Å². The molecule has 4 aliphatic rings. The van der Waals surface area contributed by atoms with Gasteiger partial charge in [-0.15, -0.1) is 0 Å². The lowest BCUT2D eigenvalue weighted by atomic mass is 9.69. The molecule has 16 heteroatoms. The molecule has 0 aliphatic carbocycles. The molecule has 2 aromatic carbocycles. The average molecular weight is 671 g/mol. The number of aryl methyl sites for hydroxylation is 1. The van der Waals surface area contributed by atoms with E-state index in [0.717, 1.165) is 16.7 Å². The summed E-state index contributed by atoms with van der Waals surface area (Å²) < 4.78 is 15.5. The third-order valence-corrected chi connectivity index (χ3v) is 10.0. The Morgan fingerprint density at radius 2 is 1.79 bits per heavy atom. The molecule has 0 aromatic heterocycles. The monoisotopic (exact) mass is 670 g/mol. The Balaban J connectivity index is 1.64. The number of carbonyl (C=O) groups excluding carboxylic acids is 2. The van der Waals surface area contributed by atoms with Crippen LogP contribution >= 0.6 is 7.82 Å². The van der Waals surface area contributed by atoms with Crippen LogP contribution in [0.25, 0.3) is 5.57 Å². The van der Waals surface area contributed by atoms with Crippen LogP contribution in [0, 0.1) is 13.8 Å². The highest BCUT2D eigenvalue weighted by Crippen LogP contribution is 2.62. The summed E-state index contributed by atoms with van der Waals surface area (Å²) in [4.78, 5) is 66.2. The van der Waals surface area contributed by atoms with Gasteiger partial charge >= 0.3 is 19.8 Å². The van der Waals surface area contributed by atoms with Gasteiger partial charge in [-0.05, 0) is 54.0 Å². The zero-order valence-electron chi connectivity index (χ0n) is 25.9. The van der Waals surface area contributed by atoms with E-state index in [0.29, 0.717) is 23.4 Å². The molecule has 4 heterocycles. The number of amides is 3. The molecule has 0 saturated carbocycles. The molecule has 0 saturated heterocycles. The number of nitrogens with one attached hydrogen (secondary N) is 1. The van der Waals surface area contributed by atoms with Crippen molar-refractivity contribution in [3.63, 3.8) is 0 Å². The van der Waals surface area contributed by atoms with Gasteiger partial charge in [0, 0.05) is 5.57 Å². The van der Waals surface area contributed by atoms with E-state index in [1.54, 1.807) is 41.3 Å². The number of phosphoric acid groups is 1. The first-order valence-corrected chi connectivity index (χ1v) is 16.4. The minimum absolute atomic E-state index is 0.0521. The average Bonchev–Trinajstić information content (AvgIpc) is 3.28. The molecule has 1 spiro atoms. The topological polar surface area (TPSA) is 230 Å². The van der Waals surface area contributed by atoms with E-state index in [2.05, 4.69) is 14.8 Å². The highest BCUT2D eigenvalue weighted by atomic mass is 31.2. The maximum absolute atomic E-state index is 14.5. The number of β-amino-alcohol motifs (C(OH)–C–C–N with tert-alkyl or cyclic N) is 1. The highest BCUT2D eigenvalue weighted by Gasteiger charge is 2.69. The zero-order chi connectivity index (χ0) is 34.4. The molecule has 250 valence electrons. The number of carboxylic acid groups (broad SMARTS) is 1. The number of hydrogen-bond acceptors (Lipinski definition) is 10. The van der Waals surface area contributed by atoms with Crippen LogP contribution in [0.3, 0.4) is 0 Å². The zero-order valence-corrected chi connectivity index (χ0v) is 26.8. The third kappa shape index (κ3) is 4.92. The number of phosphoric ester groups is 1. The first kappa shape index (κ1) is 33.0. The van der Waals surface area contributed by atoms with E-state index in [1.165, 1.54) is 4.90 Å². The Hall–Kier alpha value is -3.95. The summed E-state index contributed by atoms with van der Waals surface area (Å²) in [5, 5.41) is 45.6. The standard InChI is InChI=1S/C31H35N4O11P/c1-14-10-17-24-22(15(14)2)30(3,4)11-18-21(26(39)40)23(16-8-6-5-7-9-16)31(35(18)24)27(32-29(42)33-28(31)41)34(17)12-19(36)25(38)20(37)13-46-47(43,44)45/h5-10,18-20,25,36-38H,11-13H2,1-4H3,(H,39,40)(H,33,41,42)(H2,43,44,45)/t18-,19-,20+,25-,31-/m0/s1. The SMILES string of the molecule is Cc1cc2c3c(c1C)C(C)(C)C[C@H]1C(C(=O)O)=C(c4ccccc4)[C@]4(C(=O)NC(=O)N=C4N2C[C@H](O)[C@H](O)[C@H](O)COP(=O)(O)O)N31. The number of hydrogen-bond donors (Lipinski definition) is 7. The lowest BCUT2D eigenvalue weighted by Gasteiger charge is -2.57. The molecule has 0 fully saturated rings. The van der Waals surface area contributed by atoms with Crippen LogP contribution in [-0.4, -0.2) is 97.0 Å². The van der Waals surface area contributed by atoms with Gasteiger partial charge in [0.2, 0.25) is 5.54 Å². The third-order valence-electron chi connectivity index (χ3n) is 9.55. The van der Waals surface area contributed by atoms with E-state index in [1.807, 2.05) is 27.7 Å². The summed E-state index contributed by atoms with van der Waals surface area (Å²) >= 11 is 0. The Bertz CT molecular complexity index is 1820. The van der Waals surface area contributed by atoms with Gasteiger partial charge in [-0.1, -0.05) is 44.2 Å². The molecule has 3 amide bonds. The summed E-state index contributed by atoms with van der Waals surface area (Å²) in [6.07, 6.45) is -5.53. The number of amidine groups is 1. The van der Waals surface area contributed by atoms with Gasteiger partial charge in [-0.3, -0.25) is 14.6 Å². The second-order valence-corrected chi connectivity index (χ2v) is 14.2. The Morgan fingerprint density at radius 1 is 1.13 bits per heavy atom. The molecule has 0 radical (unpaired) electrons. The van der Waals surface area contributed by atoms with Crippen molar-refractivity contribution in [3.05, 3.63) is 64.2 Å². The second kappa shape index (κ2) is 11.1. The predicted molar refractivity (Wildman–Crippen MR) is 168 cm³/mol. The number of imide groups is 1. The minimum Gasteiger partial charge on any atom is -0.478 e. The highest BCUT2D eigenvalue weighted by molar-refractivity contribution is 7.46. The number of aliphatic hydroxyl groups is 3. The van der Waals surface area contributed by atoms with Crippen molar-refractivity contribution in [2.45, 2.75) is 69.4 Å². The van der Waals surface area contributed by atoms with Crippen LogP contribution < -0.4 is 15.1 Å². The summed E-state index contributed by atoms with van der Waals surface area (Å²) in [5.41, 5.74) is 1.20. The van der Waals surface area contributed by atoms with Crippen LogP contribution in [0.2, 0.25) is 0 Å². The molecule has 6 rings (SSSR count). The van der Waals surface area contributed by atoms with Crippen molar-refractivity contribution < 1.29 is 53.7 Å². The van der Waals surface area contributed by atoms with Gasteiger partial charge in [-0.2, -0.15) is 4.99 Å². The molecule has 2 aromatic rings. The van der Waals surface area contributed by atoms with Crippen molar-refractivity contribution in [1.29, 1.82) is 0 Å². The van der Waals surface area contributed by atoms with Crippen molar-refractivity contribution >= 4 is 48.5 Å². The van der Waals surface area contributed by atoms with Crippen LogP contribution in [-0.2, 0) is 24.1 Å². The number of urea groups is 1. The van der Waals surface area contributed by atoms with Crippen molar-refractivity contribution in [1.82, 2.24) is 5.32 Å². The first-order chi connectivity index (χ1) is 21.9. The normalized spacial score (nSPS) is 24.7. The molecule has 4 aliphatic heterocycles. The molecule has 0 bridgehead atoms. The van der Waals surface area contributed by atoms with E-state index < -0.39 is 74.2 Å². The van der Waals surface area contributed by atoms with E-state index >= 15 is 0 Å². The molecule has 7 N–H and O–H groups in total. The lowest BCUT2D eigenvalue weighted by molar-refractivity contribution is -0.132. The van der Waals surface area contributed by atoms with E-state index in [-0.39, 0.29) is 17.0 Å². The maximum Gasteiger partial charge on any atom is 0.469 e. The fraction of sp³-hybridized carbons (Fsp3) is 0.419. The number of aliphatic imine (C=N–C) groups is 1. The van der Waals surface area contributed by atoms with Gasteiger partial charge in [0.25, 0.3) is 5.91 Å². The van der Waals surface area contributed by atoms with E-state index in [4.69, 9.17) is 9.79 Å². The van der Waals surface area contributed by atoms with Crippen molar-refractivity contribution in [2.24, 2.45) is 4.99 Å². The number of carboxylic acids is 1. The van der Waals surface area contributed by atoms with Crippen LogP contribution in [0.1, 0.15) is 42.5 Å². The molecule has 47 heavy (non-hydrogen) atoms. The molecular formula is C31H35N4O11P. The number of nitrogens with zero attached hydrogens (tertiary/aromatic N) is 3. The summed E-state index contributed by atoms with van der Waals surface area (Å²) in [5.74, 6) is -2.32. The molecular weight excluding hydrogens is 635 g/mol. The van der Waals surface area contributed by atoms with Crippen LogP contribution in [0.15, 0.2) is 47.0 Å². The van der Waals surface area contributed by atoms with Gasteiger partial charge in [0.05, 0.1) is 36.1 Å². The number of rotatable bonds is 9. The Labute approximate surface area is 269 Å². The first-order valence-electron chi connectivity index (χ1n) is 14.9. The van der Waals surface area contributed by atoms with Crippen LogP contribution in [0.5, 0.6) is 0 Å². The minimum atomic E-state index is -5.02. The number of benzene rings is 2. The lowest BCUT2D eigenvalue weighted by Crippen LogP contribution is -2.74. The largest absolute Gasteiger partial charge is 0.478 e. The quantitative estimate of drug-likeness (QED) is 0.186. The van der Waals surface area contributed by atoms with Crippen molar-refractivity contribution in [2.75, 3.05) is 23.0 Å². The Kier molecular flexibility index (Phi) is 7.76. The van der Waals surface area contributed by atoms with Crippen LogP contribution in [0.4, 0.5) is 16.2 Å². The summed E-state index contributed by atoms with van der Waals surface area (Å²) in [7, 11) is -5.02. The molecule has 0 unspecified atom stereocenters. The van der Waals surface area contributed by atoms with Gasteiger partial charge in [0.15, 0.2) is 5.84 Å². The summed E-state index contributed by atoms with van der Waals surface area (Å²) in [6.45, 7) is 6.16. The maximum atomic E-state index is 14.5.